The second-order valence-corrected chi connectivity index (χ2v) is 3.58. The van der Waals surface area contributed by atoms with Crippen molar-refractivity contribution in [1.29, 1.82) is 0 Å². The van der Waals surface area contributed by atoms with Gasteiger partial charge >= 0.3 is 0 Å². The molecule has 0 bridgehead atoms. The van der Waals surface area contributed by atoms with Crippen molar-refractivity contribution in [1.82, 2.24) is 15.3 Å². The molecule has 0 aliphatic rings. The van der Waals surface area contributed by atoms with Gasteiger partial charge in [0.15, 0.2) is 0 Å². The predicted octanol–water partition coefficient (Wildman–Crippen LogP) is 1.50. The van der Waals surface area contributed by atoms with E-state index in [1.54, 1.807) is 6.20 Å². The average molecular weight is 208 g/mol. The first-order chi connectivity index (χ1) is 7.24. The number of hydrogen-bond donors (Lipinski definition) is 2. The summed E-state index contributed by atoms with van der Waals surface area (Å²) in [6, 6.07) is 0. The van der Waals surface area contributed by atoms with Crippen molar-refractivity contribution in [3.8, 4) is 0 Å². The van der Waals surface area contributed by atoms with E-state index in [4.69, 9.17) is 0 Å². The molecule has 0 aromatic carbocycles. The summed E-state index contributed by atoms with van der Waals surface area (Å²) in [6.07, 6.45) is 2.89. The number of hydrogen-bond acceptors (Lipinski definition) is 4. The largest absolute Gasteiger partial charge is 0.369 e. The SMILES string of the molecule is CCNCCCNc1nc(C)cnc1C. The Morgan fingerprint density at radius 3 is 2.80 bits per heavy atom. The lowest BCUT2D eigenvalue weighted by Gasteiger charge is -2.08. The lowest BCUT2D eigenvalue weighted by atomic mass is 10.3. The molecule has 84 valence electrons. The summed E-state index contributed by atoms with van der Waals surface area (Å²) in [7, 11) is 0. The molecule has 4 nitrogen and oxygen atoms in total. The predicted molar refractivity (Wildman–Crippen MR) is 63.2 cm³/mol. The van der Waals surface area contributed by atoms with E-state index in [1.807, 2.05) is 13.8 Å². The van der Waals surface area contributed by atoms with Crippen LogP contribution >= 0.6 is 0 Å². The van der Waals surface area contributed by atoms with Crippen LogP contribution in [0.15, 0.2) is 6.20 Å². The third-order valence-corrected chi connectivity index (χ3v) is 2.15. The summed E-state index contributed by atoms with van der Waals surface area (Å²) >= 11 is 0. The van der Waals surface area contributed by atoms with E-state index in [0.717, 1.165) is 43.3 Å². The smallest absolute Gasteiger partial charge is 0.147 e. The van der Waals surface area contributed by atoms with E-state index >= 15 is 0 Å². The molecule has 0 aliphatic heterocycles. The van der Waals surface area contributed by atoms with Crippen molar-refractivity contribution >= 4 is 5.82 Å². The highest BCUT2D eigenvalue weighted by Crippen LogP contribution is 2.07. The Balaban J connectivity index is 2.33. The minimum atomic E-state index is 0.909. The zero-order valence-corrected chi connectivity index (χ0v) is 9.80. The molecule has 1 heterocycles. The number of aromatic nitrogens is 2. The second kappa shape index (κ2) is 6.35. The summed E-state index contributed by atoms with van der Waals surface area (Å²) < 4.78 is 0. The van der Waals surface area contributed by atoms with Crippen LogP contribution in [-0.4, -0.2) is 29.6 Å². The molecule has 4 heteroatoms. The monoisotopic (exact) mass is 208 g/mol. The van der Waals surface area contributed by atoms with E-state index < -0.39 is 0 Å². The van der Waals surface area contributed by atoms with Crippen LogP contribution in [0.1, 0.15) is 24.7 Å². The third kappa shape index (κ3) is 4.25. The third-order valence-electron chi connectivity index (χ3n) is 2.15. The maximum atomic E-state index is 4.40. The maximum absolute atomic E-state index is 4.40. The van der Waals surface area contributed by atoms with Crippen LogP contribution in [0.2, 0.25) is 0 Å². The first-order valence-corrected chi connectivity index (χ1v) is 5.49. The molecule has 1 aromatic rings. The first kappa shape index (κ1) is 11.9. The molecule has 0 unspecified atom stereocenters. The fourth-order valence-corrected chi connectivity index (χ4v) is 1.30. The normalized spacial score (nSPS) is 10.3. The van der Waals surface area contributed by atoms with Gasteiger partial charge in [-0.05, 0) is 33.4 Å². The summed E-state index contributed by atoms with van der Waals surface area (Å²) in [4.78, 5) is 8.65. The average Bonchev–Trinajstić information content (AvgIpc) is 2.23. The lowest BCUT2D eigenvalue weighted by molar-refractivity contribution is 0.687. The highest BCUT2D eigenvalue weighted by atomic mass is 15.0. The molecular formula is C11H20N4. The van der Waals surface area contributed by atoms with Gasteiger partial charge in [-0.25, -0.2) is 4.98 Å². The molecule has 0 spiro atoms. The van der Waals surface area contributed by atoms with Gasteiger partial charge in [-0.15, -0.1) is 0 Å². The number of aryl methyl sites for hydroxylation is 2. The summed E-state index contributed by atoms with van der Waals surface area (Å²) in [5.74, 6) is 0.909. The van der Waals surface area contributed by atoms with E-state index in [-0.39, 0.29) is 0 Å². The first-order valence-electron chi connectivity index (χ1n) is 5.49. The number of nitrogens with one attached hydrogen (secondary N) is 2. The Hall–Kier alpha value is -1.16. The van der Waals surface area contributed by atoms with Gasteiger partial charge in [0.05, 0.1) is 11.4 Å². The van der Waals surface area contributed by atoms with Crippen LogP contribution in [-0.2, 0) is 0 Å². The van der Waals surface area contributed by atoms with Crippen molar-refractivity contribution in [2.75, 3.05) is 25.0 Å². The molecule has 0 saturated heterocycles. The molecule has 0 fully saturated rings. The zero-order valence-electron chi connectivity index (χ0n) is 9.80. The van der Waals surface area contributed by atoms with Gasteiger partial charge in [-0.1, -0.05) is 6.92 Å². The Kier molecular flexibility index (Phi) is 5.04. The fourth-order valence-electron chi connectivity index (χ4n) is 1.30. The number of anilines is 1. The molecule has 15 heavy (non-hydrogen) atoms. The second-order valence-electron chi connectivity index (χ2n) is 3.58. The maximum Gasteiger partial charge on any atom is 0.147 e. The van der Waals surface area contributed by atoms with E-state index in [2.05, 4.69) is 27.5 Å². The minimum Gasteiger partial charge on any atom is -0.369 e. The Morgan fingerprint density at radius 2 is 2.07 bits per heavy atom. The standard InChI is InChI=1S/C11H20N4/c1-4-12-6-5-7-13-11-10(3)14-8-9(2)15-11/h8,12H,4-7H2,1-3H3,(H,13,15). The summed E-state index contributed by atoms with van der Waals surface area (Å²) in [5.41, 5.74) is 1.92. The number of nitrogens with zero attached hydrogens (tertiary/aromatic N) is 2. The van der Waals surface area contributed by atoms with Crippen LogP contribution < -0.4 is 10.6 Å². The topological polar surface area (TPSA) is 49.8 Å². The van der Waals surface area contributed by atoms with Crippen molar-refractivity contribution in [3.05, 3.63) is 17.6 Å². The van der Waals surface area contributed by atoms with E-state index in [9.17, 15) is 0 Å². The highest BCUT2D eigenvalue weighted by molar-refractivity contribution is 5.39. The van der Waals surface area contributed by atoms with Crippen molar-refractivity contribution in [3.63, 3.8) is 0 Å². The molecule has 1 aromatic heterocycles. The van der Waals surface area contributed by atoms with Gasteiger partial charge in [0.2, 0.25) is 0 Å². The Bertz CT molecular complexity index is 299. The molecule has 0 saturated carbocycles. The molecule has 0 radical (unpaired) electrons. The van der Waals surface area contributed by atoms with Gasteiger partial charge < -0.3 is 10.6 Å². The Morgan fingerprint density at radius 1 is 1.27 bits per heavy atom. The minimum absolute atomic E-state index is 0.909. The Labute approximate surface area is 91.5 Å². The van der Waals surface area contributed by atoms with Crippen LogP contribution in [0.25, 0.3) is 0 Å². The van der Waals surface area contributed by atoms with Gasteiger partial charge in [0, 0.05) is 12.7 Å². The van der Waals surface area contributed by atoms with Crippen LogP contribution in [0.3, 0.4) is 0 Å². The summed E-state index contributed by atoms with van der Waals surface area (Å²) in [6.45, 7) is 9.05. The van der Waals surface area contributed by atoms with Crippen LogP contribution in [0.4, 0.5) is 5.82 Å². The van der Waals surface area contributed by atoms with Crippen LogP contribution in [0, 0.1) is 13.8 Å². The fraction of sp³-hybridized carbons (Fsp3) is 0.636. The molecule has 0 amide bonds. The van der Waals surface area contributed by atoms with Crippen molar-refractivity contribution in [2.24, 2.45) is 0 Å². The zero-order chi connectivity index (χ0) is 11.1. The molecular weight excluding hydrogens is 188 g/mol. The van der Waals surface area contributed by atoms with E-state index in [0.29, 0.717) is 0 Å². The van der Waals surface area contributed by atoms with Gasteiger partial charge in [0.25, 0.3) is 0 Å². The molecule has 1 rings (SSSR count). The van der Waals surface area contributed by atoms with Crippen molar-refractivity contribution in [2.45, 2.75) is 27.2 Å². The summed E-state index contributed by atoms with van der Waals surface area (Å²) in [5, 5.41) is 6.58. The van der Waals surface area contributed by atoms with Crippen LogP contribution in [0.5, 0.6) is 0 Å². The molecule has 0 atom stereocenters. The highest BCUT2D eigenvalue weighted by Gasteiger charge is 1.99. The van der Waals surface area contributed by atoms with Crippen molar-refractivity contribution < 1.29 is 0 Å². The van der Waals surface area contributed by atoms with Gasteiger partial charge in [-0.2, -0.15) is 0 Å². The number of rotatable bonds is 6. The van der Waals surface area contributed by atoms with Gasteiger partial charge in [-0.3, -0.25) is 4.98 Å². The van der Waals surface area contributed by atoms with Gasteiger partial charge in [0.1, 0.15) is 5.82 Å². The lowest BCUT2D eigenvalue weighted by Crippen LogP contribution is -2.17. The quantitative estimate of drug-likeness (QED) is 0.696. The molecule has 0 aliphatic carbocycles. The molecule has 2 N–H and O–H groups in total. The van der Waals surface area contributed by atoms with E-state index in [1.165, 1.54) is 0 Å².